The first kappa shape index (κ1) is 16.1. The number of nitrogens with zero attached hydrogens (tertiary/aromatic N) is 2. The second-order valence-corrected chi connectivity index (χ2v) is 5.87. The number of nitrogens with one attached hydrogen (secondary N) is 1. The van der Waals surface area contributed by atoms with Crippen LogP contribution in [0, 0.1) is 5.82 Å². The van der Waals surface area contributed by atoms with Gasteiger partial charge in [0.2, 0.25) is 5.91 Å². The van der Waals surface area contributed by atoms with Gasteiger partial charge in [0, 0.05) is 5.56 Å². The number of furan rings is 1. The third kappa shape index (κ3) is 3.21. The maximum Gasteiger partial charge on any atom is 0.240 e. The van der Waals surface area contributed by atoms with Crippen molar-refractivity contribution in [2.24, 2.45) is 0 Å². The van der Waals surface area contributed by atoms with Crippen LogP contribution in [0.15, 0.2) is 71.3 Å². The van der Waals surface area contributed by atoms with Gasteiger partial charge in [0.1, 0.15) is 23.9 Å². The molecule has 0 bridgehead atoms. The molecule has 5 nitrogen and oxygen atoms in total. The van der Waals surface area contributed by atoms with Crippen molar-refractivity contribution < 1.29 is 13.6 Å². The van der Waals surface area contributed by atoms with E-state index in [9.17, 15) is 9.18 Å². The fraction of sp³-hybridized carbons (Fsp3) is 0.100. The van der Waals surface area contributed by atoms with E-state index < -0.39 is 0 Å². The van der Waals surface area contributed by atoms with E-state index in [4.69, 9.17) is 4.42 Å². The zero-order chi connectivity index (χ0) is 17.9. The van der Waals surface area contributed by atoms with Crippen molar-refractivity contribution in [3.8, 4) is 11.4 Å². The summed E-state index contributed by atoms with van der Waals surface area (Å²) in [6.07, 6.45) is 1.57. The lowest BCUT2D eigenvalue weighted by molar-refractivity contribution is -0.121. The molecule has 26 heavy (non-hydrogen) atoms. The van der Waals surface area contributed by atoms with E-state index in [1.54, 1.807) is 30.5 Å². The Morgan fingerprint density at radius 1 is 1.08 bits per heavy atom. The summed E-state index contributed by atoms with van der Waals surface area (Å²) in [6, 6.07) is 17.3. The second kappa shape index (κ2) is 6.84. The van der Waals surface area contributed by atoms with Crippen LogP contribution in [0.4, 0.5) is 4.39 Å². The number of para-hydroxylation sites is 2. The molecule has 1 N–H and O–H groups in total. The topological polar surface area (TPSA) is 60.1 Å². The first-order valence-electron chi connectivity index (χ1n) is 8.21. The van der Waals surface area contributed by atoms with Gasteiger partial charge in [-0.05, 0) is 48.5 Å². The van der Waals surface area contributed by atoms with E-state index in [-0.39, 0.29) is 18.3 Å². The molecule has 1 amide bonds. The van der Waals surface area contributed by atoms with Gasteiger partial charge in [-0.3, -0.25) is 4.79 Å². The molecule has 0 aliphatic heterocycles. The van der Waals surface area contributed by atoms with Gasteiger partial charge in [-0.25, -0.2) is 9.37 Å². The van der Waals surface area contributed by atoms with Crippen molar-refractivity contribution in [1.29, 1.82) is 0 Å². The van der Waals surface area contributed by atoms with E-state index in [0.717, 1.165) is 16.6 Å². The third-order valence-corrected chi connectivity index (χ3v) is 4.10. The number of carbonyl (C=O) groups excluding carboxylic acids is 1. The Morgan fingerprint density at radius 2 is 1.88 bits per heavy atom. The second-order valence-electron chi connectivity index (χ2n) is 5.87. The minimum absolute atomic E-state index is 0.105. The van der Waals surface area contributed by atoms with Gasteiger partial charge in [-0.2, -0.15) is 0 Å². The first-order chi connectivity index (χ1) is 12.7. The molecule has 0 aliphatic rings. The highest BCUT2D eigenvalue weighted by Gasteiger charge is 2.15. The Bertz CT molecular complexity index is 1040. The molecule has 0 atom stereocenters. The van der Waals surface area contributed by atoms with Crippen molar-refractivity contribution >= 4 is 16.9 Å². The third-order valence-electron chi connectivity index (χ3n) is 4.10. The van der Waals surface area contributed by atoms with Crippen molar-refractivity contribution in [3.05, 3.63) is 78.5 Å². The van der Waals surface area contributed by atoms with Gasteiger partial charge in [-0.15, -0.1) is 0 Å². The Morgan fingerprint density at radius 3 is 2.65 bits per heavy atom. The summed E-state index contributed by atoms with van der Waals surface area (Å²) in [5, 5.41) is 2.83. The molecule has 4 aromatic rings. The van der Waals surface area contributed by atoms with Crippen LogP contribution in [0.3, 0.4) is 0 Å². The van der Waals surface area contributed by atoms with Crippen LogP contribution in [0.1, 0.15) is 5.76 Å². The highest BCUT2D eigenvalue weighted by atomic mass is 19.1. The summed E-state index contributed by atoms with van der Waals surface area (Å²) >= 11 is 0. The summed E-state index contributed by atoms with van der Waals surface area (Å²) in [5.41, 5.74) is 2.38. The minimum atomic E-state index is -0.312. The van der Waals surface area contributed by atoms with E-state index in [0.29, 0.717) is 18.1 Å². The summed E-state index contributed by atoms with van der Waals surface area (Å²) in [4.78, 5) is 17.0. The first-order valence-corrected chi connectivity index (χ1v) is 8.21. The highest BCUT2D eigenvalue weighted by Crippen LogP contribution is 2.25. The van der Waals surface area contributed by atoms with Crippen LogP contribution in [0.25, 0.3) is 22.4 Å². The average Bonchev–Trinajstić information content (AvgIpc) is 3.29. The number of halogens is 1. The van der Waals surface area contributed by atoms with Crippen molar-refractivity contribution in [2.45, 2.75) is 13.1 Å². The van der Waals surface area contributed by atoms with Crippen molar-refractivity contribution in [3.63, 3.8) is 0 Å². The summed E-state index contributed by atoms with van der Waals surface area (Å²) in [6.45, 7) is 0.429. The predicted molar refractivity (Wildman–Crippen MR) is 95.7 cm³/mol. The maximum absolute atomic E-state index is 13.3. The zero-order valence-electron chi connectivity index (χ0n) is 13.9. The molecule has 0 unspecified atom stereocenters. The molecule has 4 rings (SSSR count). The van der Waals surface area contributed by atoms with Crippen molar-refractivity contribution in [2.75, 3.05) is 0 Å². The Labute approximate surface area is 149 Å². The number of rotatable bonds is 5. The van der Waals surface area contributed by atoms with Gasteiger partial charge in [-0.1, -0.05) is 12.1 Å². The van der Waals surface area contributed by atoms with Gasteiger partial charge < -0.3 is 14.3 Å². The van der Waals surface area contributed by atoms with Crippen LogP contribution in [-0.2, 0) is 17.9 Å². The molecule has 0 aliphatic carbocycles. The fourth-order valence-electron chi connectivity index (χ4n) is 2.85. The number of hydrogen-bond donors (Lipinski definition) is 1. The summed E-state index contributed by atoms with van der Waals surface area (Å²) in [5.74, 6) is 0.840. The molecular weight excluding hydrogens is 333 g/mol. The number of fused-ring (bicyclic) bond motifs is 1. The number of amides is 1. The molecule has 0 saturated heterocycles. The smallest absolute Gasteiger partial charge is 0.240 e. The number of hydrogen-bond acceptors (Lipinski definition) is 3. The summed E-state index contributed by atoms with van der Waals surface area (Å²) in [7, 11) is 0. The Kier molecular flexibility index (Phi) is 4.23. The monoisotopic (exact) mass is 349 g/mol. The maximum atomic E-state index is 13.3. The number of imidazole rings is 1. The van der Waals surface area contributed by atoms with Crippen LogP contribution in [0.5, 0.6) is 0 Å². The number of benzene rings is 2. The van der Waals surface area contributed by atoms with Gasteiger partial charge in [0.25, 0.3) is 0 Å². The molecule has 0 radical (unpaired) electrons. The lowest BCUT2D eigenvalue weighted by atomic mass is 10.2. The van der Waals surface area contributed by atoms with Crippen LogP contribution < -0.4 is 5.32 Å². The largest absolute Gasteiger partial charge is 0.467 e. The lowest BCUT2D eigenvalue weighted by Crippen LogP contribution is -2.27. The molecular formula is C20H16FN3O2. The molecule has 0 fully saturated rings. The lowest BCUT2D eigenvalue weighted by Gasteiger charge is -2.10. The predicted octanol–water partition coefficient (Wildman–Crippen LogP) is 3.75. The molecule has 6 heteroatoms. The van der Waals surface area contributed by atoms with Gasteiger partial charge in [0.05, 0.1) is 23.8 Å². The highest BCUT2D eigenvalue weighted by molar-refractivity contribution is 5.84. The minimum Gasteiger partial charge on any atom is -0.467 e. The van der Waals surface area contributed by atoms with E-state index in [1.807, 2.05) is 28.8 Å². The number of carbonyl (C=O) groups is 1. The Balaban J connectivity index is 1.65. The van der Waals surface area contributed by atoms with Gasteiger partial charge in [0.15, 0.2) is 0 Å². The molecule has 0 spiro atoms. The van der Waals surface area contributed by atoms with Crippen LogP contribution >= 0.6 is 0 Å². The zero-order valence-corrected chi connectivity index (χ0v) is 13.9. The standard InChI is InChI=1S/C20H16FN3O2/c21-15-9-7-14(8-10-15)20-23-17-5-1-2-6-18(17)24(20)13-19(25)22-12-16-4-3-11-26-16/h1-11H,12-13H2,(H,22,25). The van der Waals surface area contributed by atoms with E-state index in [2.05, 4.69) is 10.3 Å². The van der Waals surface area contributed by atoms with E-state index >= 15 is 0 Å². The molecule has 2 aromatic heterocycles. The summed E-state index contributed by atoms with van der Waals surface area (Å²) < 4.78 is 20.3. The van der Waals surface area contributed by atoms with E-state index in [1.165, 1.54) is 12.1 Å². The van der Waals surface area contributed by atoms with Crippen LogP contribution in [0.2, 0.25) is 0 Å². The Hall–Kier alpha value is -3.41. The molecule has 0 saturated carbocycles. The quantitative estimate of drug-likeness (QED) is 0.597. The number of aromatic nitrogens is 2. The fourth-order valence-corrected chi connectivity index (χ4v) is 2.85. The van der Waals surface area contributed by atoms with Crippen molar-refractivity contribution in [1.82, 2.24) is 14.9 Å². The van der Waals surface area contributed by atoms with Gasteiger partial charge >= 0.3 is 0 Å². The molecule has 2 aromatic carbocycles. The average molecular weight is 349 g/mol. The molecule has 130 valence electrons. The molecule has 2 heterocycles. The van der Waals surface area contributed by atoms with Crippen LogP contribution in [-0.4, -0.2) is 15.5 Å². The normalized spacial score (nSPS) is 11.0. The SMILES string of the molecule is O=C(Cn1c(-c2ccc(F)cc2)nc2ccccc21)NCc1ccco1.